The number of hydrogen-bond donors (Lipinski definition) is 2. The predicted octanol–water partition coefficient (Wildman–Crippen LogP) is 3.74. The fraction of sp³-hybridized carbons (Fsp3) is 0.452. The summed E-state index contributed by atoms with van der Waals surface area (Å²) in [5.74, 6) is -1.55. The first-order chi connectivity index (χ1) is 18.9. The number of amides is 3. The van der Waals surface area contributed by atoms with Crippen LogP contribution in [0.2, 0.25) is 0 Å². The van der Waals surface area contributed by atoms with Gasteiger partial charge in [-0.25, -0.2) is 0 Å². The molecule has 2 saturated heterocycles. The van der Waals surface area contributed by atoms with Gasteiger partial charge in [-0.3, -0.25) is 14.4 Å². The Kier molecular flexibility index (Phi) is 6.67. The molecule has 2 N–H and O–H groups in total. The van der Waals surface area contributed by atoms with E-state index < -0.39 is 29.6 Å². The Bertz CT molecular complexity index is 1280. The van der Waals surface area contributed by atoms with Crippen molar-refractivity contribution in [3.8, 4) is 5.75 Å². The van der Waals surface area contributed by atoms with E-state index in [2.05, 4.69) is 10.6 Å². The number of nitrogens with zero attached hydrogens (tertiary/aromatic N) is 1. The summed E-state index contributed by atoms with van der Waals surface area (Å²) in [6.45, 7) is 2.28. The second-order valence-electron chi connectivity index (χ2n) is 11.2. The normalized spacial score (nSPS) is 29.4. The fourth-order valence-corrected chi connectivity index (χ4v) is 6.75. The lowest BCUT2D eigenvalue weighted by Gasteiger charge is -2.34. The van der Waals surface area contributed by atoms with E-state index >= 15 is 0 Å². The van der Waals surface area contributed by atoms with Crippen molar-refractivity contribution in [3.63, 3.8) is 0 Å². The van der Waals surface area contributed by atoms with E-state index in [0.29, 0.717) is 11.4 Å². The molecule has 3 aliphatic heterocycles. The van der Waals surface area contributed by atoms with Crippen molar-refractivity contribution in [2.75, 3.05) is 12.4 Å². The zero-order valence-corrected chi connectivity index (χ0v) is 22.4. The van der Waals surface area contributed by atoms with Crippen molar-refractivity contribution in [2.24, 2.45) is 11.8 Å². The highest BCUT2D eigenvalue weighted by Gasteiger charge is 2.72. The van der Waals surface area contributed by atoms with Crippen LogP contribution in [-0.4, -0.2) is 53.5 Å². The highest BCUT2D eigenvalue weighted by atomic mass is 16.5. The third-order valence-electron chi connectivity index (χ3n) is 8.71. The molecule has 1 aliphatic carbocycles. The van der Waals surface area contributed by atoms with Crippen molar-refractivity contribution in [2.45, 2.75) is 69.4 Å². The summed E-state index contributed by atoms with van der Waals surface area (Å²) < 4.78 is 11.7. The zero-order chi connectivity index (χ0) is 27.1. The van der Waals surface area contributed by atoms with Gasteiger partial charge in [0.25, 0.3) is 0 Å². The number of ether oxygens (including phenoxy) is 2. The molecule has 8 heteroatoms. The summed E-state index contributed by atoms with van der Waals surface area (Å²) in [6.07, 6.45) is 8.36. The minimum absolute atomic E-state index is 0.0924. The number of likely N-dealkylation sites (tertiary alicyclic amines) is 1. The van der Waals surface area contributed by atoms with E-state index in [-0.39, 0.29) is 30.3 Å². The first kappa shape index (κ1) is 25.6. The van der Waals surface area contributed by atoms with Crippen LogP contribution >= 0.6 is 0 Å². The molecule has 6 rings (SSSR count). The third kappa shape index (κ3) is 4.50. The maximum Gasteiger partial charge on any atom is 0.246 e. The summed E-state index contributed by atoms with van der Waals surface area (Å²) in [4.78, 5) is 43.3. The van der Waals surface area contributed by atoms with Gasteiger partial charge in [-0.1, -0.05) is 61.2 Å². The molecule has 2 bridgehead atoms. The fourth-order valence-electron chi connectivity index (χ4n) is 6.75. The number of aryl methyl sites for hydroxylation is 1. The Hall–Kier alpha value is -3.65. The van der Waals surface area contributed by atoms with Gasteiger partial charge in [0.15, 0.2) is 0 Å². The number of fused-ring (bicyclic) bond motifs is 1. The second-order valence-corrected chi connectivity index (χ2v) is 11.2. The SMILES string of the molecule is COc1ccc(NC(=O)[C@@H]2[C@@H]3C=C[C@]4(O3)[C@@H]2C(=O)N(Cc2ccc(C)cc2)[C@H]4C(=O)NC2CCCCC2)cc1. The van der Waals surface area contributed by atoms with Crippen molar-refractivity contribution < 1.29 is 23.9 Å². The van der Waals surface area contributed by atoms with Gasteiger partial charge < -0.3 is 25.0 Å². The van der Waals surface area contributed by atoms with E-state index in [9.17, 15) is 14.4 Å². The minimum atomic E-state index is -1.17. The van der Waals surface area contributed by atoms with Crippen LogP contribution in [0.25, 0.3) is 0 Å². The van der Waals surface area contributed by atoms with Crippen LogP contribution in [-0.2, 0) is 25.7 Å². The standard InChI is InChI=1S/C31H35N3O5/c1-19-8-10-20(11-9-19)18-34-27(29(36)33-21-6-4-3-5-7-21)31-17-16-24(39-31)25(26(31)30(34)37)28(35)32-22-12-14-23(38-2)15-13-22/h8-17,21,24-27H,3-7,18H2,1-2H3,(H,32,35)(H,33,36)/t24-,25+,26-,27-,31-/m0/s1. The monoisotopic (exact) mass is 529 g/mol. The molecule has 8 nitrogen and oxygen atoms in total. The highest BCUT2D eigenvalue weighted by molar-refractivity contribution is 6.02. The summed E-state index contributed by atoms with van der Waals surface area (Å²) in [5.41, 5.74) is 1.48. The number of carbonyl (C=O) groups excluding carboxylic acids is 3. The third-order valence-corrected chi connectivity index (χ3v) is 8.71. The molecule has 1 spiro atoms. The van der Waals surface area contributed by atoms with Gasteiger partial charge in [-0.15, -0.1) is 0 Å². The Morgan fingerprint density at radius 2 is 1.74 bits per heavy atom. The van der Waals surface area contributed by atoms with Gasteiger partial charge in [-0.05, 0) is 49.6 Å². The van der Waals surface area contributed by atoms with Crippen LogP contribution < -0.4 is 15.4 Å². The molecule has 4 aliphatic rings. The van der Waals surface area contributed by atoms with Crippen molar-refractivity contribution in [1.82, 2.24) is 10.2 Å². The summed E-state index contributed by atoms with van der Waals surface area (Å²) in [5, 5.41) is 6.18. The summed E-state index contributed by atoms with van der Waals surface area (Å²) in [6, 6.07) is 14.3. The lowest BCUT2D eigenvalue weighted by Crippen LogP contribution is -2.56. The average Bonchev–Trinajstić information content (AvgIpc) is 3.58. The van der Waals surface area contributed by atoms with Gasteiger partial charge in [-0.2, -0.15) is 0 Å². The number of benzene rings is 2. The van der Waals surface area contributed by atoms with Crippen LogP contribution in [0.1, 0.15) is 43.2 Å². The summed E-state index contributed by atoms with van der Waals surface area (Å²) in [7, 11) is 1.58. The van der Waals surface area contributed by atoms with Gasteiger partial charge in [0, 0.05) is 18.3 Å². The first-order valence-electron chi connectivity index (χ1n) is 13.9. The van der Waals surface area contributed by atoms with Crippen molar-refractivity contribution >= 4 is 23.4 Å². The Morgan fingerprint density at radius 3 is 2.44 bits per heavy atom. The van der Waals surface area contributed by atoms with Crippen molar-refractivity contribution in [3.05, 3.63) is 71.8 Å². The quantitative estimate of drug-likeness (QED) is 0.533. The predicted molar refractivity (Wildman–Crippen MR) is 146 cm³/mol. The molecule has 5 atom stereocenters. The molecular formula is C31H35N3O5. The highest BCUT2D eigenvalue weighted by Crippen LogP contribution is 2.55. The van der Waals surface area contributed by atoms with Gasteiger partial charge in [0.05, 0.1) is 25.0 Å². The molecule has 1 saturated carbocycles. The van der Waals surface area contributed by atoms with E-state index in [1.807, 2.05) is 43.3 Å². The van der Waals surface area contributed by atoms with Gasteiger partial charge in [0.2, 0.25) is 17.7 Å². The smallest absolute Gasteiger partial charge is 0.246 e. The van der Waals surface area contributed by atoms with E-state index in [4.69, 9.17) is 9.47 Å². The van der Waals surface area contributed by atoms with Gasteiger partial charge >= 0.3 is 0 Å². The number of hydrogen-bond acceptors (Lipinski definition) is 5. The second kappa shape index (κ2) is 10.2. The summed E-state index contributed by atoms with van der Waals surface area (Å²) >= 11 is 0. The molecule has 2 aromatic carbocycles. The molecule has 3 amide bonds. The van der Waals surface area contributed by atoms with E-state index in [1.54, 1.807) is 36.3 Å². The number of carbonyl (C=O) groups is 3. The Labute approximate surface area is 228 Å². The molecular weight excluding hydrogens is 494 g/mol. The topological polar surface area (TPSA) is 97.0 Å². The van der Waals surface area contributed by atoms with Crippen LogP contribution in [0.3, 0.4) is 0 Å². The average molecular weight is 530 g/mol. The number of anilines is 1. The molecule has 204 valence electrons. The molecule has 3 fully saturated rings. The van der Waals surface area contributed by atoms with Crippen molar-refractivity contribution in [1.29, 1.82) is 0 Å². The molecule has 0 unspecified atom stereocenters. The molecule has 2 aromatic rings. The van der Waals surface area contributed by atoms with E-state index in [1.165, 1.54) is 6.42 Å². The Morgan fingerprint density at radius 1 is 1.03 bits per heavy atom. The number of methoxy groups -OCH3 is 1. The first-order valence-corrected chi connectivity index (χ1v) is 13.9. The lowest BCUT2D eigenvalue weighted by molar-refractivity contribution is -0.142. The van der Waals surface area contributed by atoms with E-state index in [0.717, 1.165) is 36.8 Å². The maximum absolute atomic E-state index is 14.1. The number of rotatable bonds is 7. The largest absolute Gasteiger partial charge is 0.497 e. The number of nitrogens with one attached hydrogen (secondary N) is 2. The maximum atomic E-state index is 14.1. The molecule has 3 heterocycles. The van der Waals surface area contributed by atoms with Crippen LogP contribution in [0, 0.1) is 18.8 Å². The molecule has 0 radical (unpaired) electrons. The molecule has 39 heavy (non-hydrogen) atoms. The van der Waals surface area contributed by atoms with Crippen LogP contribution in [0.15, 0.2) is 60.7 Å². The van der Waals surface area contributed by atoms with Gasteiger partial charge in [0.1, 0.15) is 17.4 Å². The Balaban J connectivity index is 1.30. The van der Waals surface area contributed by atoms with Crippen LogP contribution in [0.4, 0.5) is 5.69 Å². The zero-order valence-electron chi connectivity index (χ0n) is 22.4. The van der Waals surface area contributed by atoms with Crippen LogP contribution in [0.5, 0.6) is 5.75 Å². The molecule has 0 aromatic heterocycles. The minimum Gasteiger partial charge on any atom is -0.497 e. The lowest BCUT2D eigenvalue weighted by atomic mass is 9.74.